The van der Waals surface area contributed by atoms with Crippen LogP contribution in [0.25, 0.3) is 0 Å². The number of carbonyl (C=O) groups is 3. The van der Waals surface area contributed by atoms with Gasteiger partial charge in [-0.05, 0) is 32.2 Å². The second kappa shape index (κ2) is 24.5. The van der Waals surface area contributed by atoms with Gasteiger partial charge >= 0.3 is 17.9 Å². The molecule has 0 atom stereocenters. The fourth-order valence-corrected chi connectivity index (χ4v) is 3.29. The molecule has 0 aliphatic carbocycles. The maximum atomic E-state index is 12.1. The summed E-state index contributed by atoms with van der Waals surface area (Å²) < 4.78 is 16.1. The molecule has 0 aromatic carbocycles. The Morgan fingerprint density at radius 1 is 0.618 bits per heavy atom. The molecule has 0 saturated carbocycles. The van der Waals surface area contributed by atoms with Gasteiger partial charge in [-0.3, -0.25) is 14.4 Å². The van der Waals surface area contributed by atoms with E-state index in [4.69, 9.17) is 19.3 Å². The smallest absolute Gasteiger partial charge is 0.305 e. The van der Waals surface area contributed by atoms with Gasteiger partial charge in [0.2, 0.25) is 0 Å². The van der Waals surface area contributed by atoms with Gasteiger partial charge in [0.05, 0.1) is 12.5 Å². The van der Waals surface area contributed by atoms with Crippen molar-refractivity contribution in [3.63, 3.8) is 0 Å². The Bertz CT molecular complexity index is 485. The van der Waals surface area contributed by atoms with Gasteiger partial charge in [0, 0.05) is 25.8 Å². The Hall–Kier alpha value is -1.67. The summed E-state index contributed by atoms with van der Waals surface area (Å²) in [6, 6.07) is 0. The maximum absolute atomic E-state index is 12.1. The summed E-state index contributed by atoms with van der Waals surface area (Å²) >= 11 is 0. The van der Waals surface area contributed by atoms with Crippen LogP contribution in [-0.2, 0) is 28.6 Å². The summed E-state index contributed by atoms with van der Waals surface area (Å²) in [6.07, 6.45) is 11.6. The number of rotatable bonds is 24. The molecule has 0 amide bonds. The van der Waals surface area contributed by atoms with Gasteiger partial charge in [-0.25, -0.2) is 0 Å². The van der Waals surface area contributed by atoms with E-state index < -0.39 is 0 Å². The number of unbranched alkanes of at least 4 members (excludes halogenated alkanes) is 8. The van der Waals surface area contributed by atoms with Crippen molar-refractivity contribution < 1.29 is 33.7 Å². The van der Waals surface area contributed by atoms with Crippen LogP contribution in [0.5, 0.6) is 0 Å². The maximum Gasteiger partial charge on any atom is 0.305 e. The third kappa shape index (κ3) is 22.1. The van der Waals surface area contributed by atoms with Crippen molar-refractivity contribution in [1.82, 2.24) is 5.32 Å². The molecule has 0 fully saturated rings. The molecular formula is C26H49NO7. The largest absolute Gasteiger partial charge is 0.465 e. The zero-order valence-corrected chi connectivity index (χ0v) is 21.6. The molecule has 0 spiro atoms. The third-order valence-corrected chi connectivity index (χ3v) is 5.43. The summed E-state index contributed by atoms with van der Waals surface area (Å²) in [5, 5.41) is 11.8. The van der Waals surface area contributed by atoms with Crippen molar-refractivity contribution in [2.45, 2.75) is 104 Å². The lowest BCUT2D eigenvalue weighted by atomic mass is 10.1. The quantitative estimate of drug-likeness (QED) is 0.118. The molecule has 0 bridgehead atoms. The number of aliphatic hydroxyl groups excluding tert-OH is 1. The highest BCUT2D eigenvalue weighted by atomic mass is 16.6. The lowest BCUT2D eigenvalue weighted by Gasteiger charge is -2.17. The Morgan fingerprint density at radius 2 is 1.03 bits per heavy atom. The second-order valence-corrected chi connectivity index (χ2v) is 8.82. The van der Waals surface area contributed by atoms with E-state index in [0.29, 0.717) is 25.8 Å². The van der Waals surface area contributed by atoms with Crippen LogP contribution >= 0.6 is 0 Å². The highest BCUT2D eigenvalue weighted by Crippen LogP contribution is 2.09. The molecule has 0 aromatic rings. The average Bonchev–Trinajstić information content (AvgIpc) is 2.83. The van der Waals surface area contributed by atoms with Gasteiger partial charge in [-0.1, -0.05) is 58.8 Å². The molecule has 0 rings (SSSR count). The van der Waals surface area contributed by atoms with Gasteiger partial charge in [0.1, 0.15) is 19.8 Å². The van der Waals surface area contributed by atoms with Crippen LogP contribution in [0.15, 0.2) is 0 Å². The Morgan fingerprint density at radius 3 is 1.41 bits per heavy atom. The zero-order chi connectivity index (χ0) is 25.3. The van der Waals surface area contributed by atoms with E-state index in [1.54, 1.807) is 0 Å². The van der Waals surface area contributed by atoms with Crippen LogP contribution in [-0.4, -0.2) is 62.5 Å². The van der Waals surface area contributed by atoms with Crippen LogP contribution in [0.1, 0.15) is 104 Å². The molecular weight excluding hydrogens is 438 g/mol. The molecule has 0 aliphatic rings. The van der Waals surface area contributed by atoms with E-state index in [-0.39, 0.29) is 50.3 Å². The highest BCUT2D eigenvalue weighted by Gasteiger charge is 2.17. The SMILES string of the molecule is CCCCCCC(=O)OCC(COC(=O)CCCCCC)COC(=O)CCCCCNCCO. The second-order valence-electron chi connectivity index (χ2n) is 8.82. The van der Waals surface area contributed by atoms with E-state index in [1.807, 2.05) is 0 Å². The number of aliphatic hydroxyl groups is 1. The van der Waals surface area contributed by atoms with Crippen LogP contribution < -0.4 is 5.32 Å². The summed E-state index contributed by atoms with van der Waals surface area (Å²) in [4.78, 5) is 36.1. The first kappa shape index (κ1) is 32.3. The van der Waals surface area contributed by atoms with Crippen LogP contribution in [0.4, 0.5) is 0 Å². The van der Waals surface area contributed by atoms with Crippen molar-refractivity contribution in [3.8, 4) is 0 Å². The highest BCUT2D eigenvalue weighted by molar-refractivity contribution is 5.70. The molecule has 0 radical (unpaired) electrons. The Kier molecular flexibility index (Phi) is 23.3. The molecule has 0 aromatic heterocycles. The normalized spacial score (nSPS) is 10.9. The van der Waals surface area contributed by atoms with E-state index in [0.717, 1.165) is 77.2 Å². The molecule has 0 aliphatic heterocycles. The van der Waals surface area contributed by atoms with E-state index >= 15 is 0 Å². The number of nitrogens with one attached hydrogen (secondary N) is 1. The molecule has 8 heteroatoms. The van der Waals surface area contributed by atoms with Gasteiger partial charge < -0.3 is 24.6 Å². The molecule has 0 saturated heterocycles. The van der Waals surface area contributed by atoms with Crippen molar-refractivity contribution in [3.05, 3.63) is 0 Å². The number of esters is 3. The van der Waals surface area contributed by atoms with E-state index in [1.165, 1.54) is 0 Å². The van der Waals surface area contributed by atoms with Gasteiger partial charge in [-0.2, -0.15) is 0 Å². The fraction of sp³-hybridized carbons (Fsp3) is 0.885. The molecule has 0 unspecified atom stereocenters. The van der Waals surface area contributed by atoms with Crippen molar-refractivity contribution in [2.24, 2.45) is 5.92 Å². The lowest BCUT2D eigenvalue weighted by Crippen LogP contribution is -2.26. The molecule has 200 valence electrons. The van der Waals surface area contributed by atoms with E-state index in [9.17, 15) is 14.4 Å². The summed E-state index contributed by atoms with van der Waals surface area (Å²) in [7, 11) is 0. The van der Waals surface area contributed by atoms with Crippen LogP contribution in [0.3, 0.4) is 0 Å². The van der Waals surface area contributed by atoms with E-state index in [2.05, 4.69) is 19.2 Å². The molecule has 2 N–H and O–H groups in total. The van der Waals surface area contributed by atoms with Gasteiger partial charge in [-0.15, -0.1) is 0 Å². The predicted molar refractivity (Wildman–Crippen MR) is 132 cm³/mol. The zero-order valence-electron chi connectivity index (χ0n) is 21.6. The van der Waals surface area contributed by atoms with Crippen molar-refractivity contribution in [2.75, 3.05) is 39.5 Å². The lowest BCUT2D eigenvalue weighted by molar-refractivity contribution is -0.153. The first-order chi connectivity index (χ1) is 16.5. The average molecular weight is 488 g/mol. The Balaban J connectivity index is 4.31. The molecule has 0 heterocycles. The first-order valence-electron chi connectivity index (χ1n) is 13.3. The predicted octanol–water partition coefficient (Wildman–Crippen LogP) is 4.32. The number of ether oxygens (including phenoxy) is 3. The van der Waals surface area contributed by atoms with Crippen LogP contribution in [0, 0.1) is 5.92 Å². The monoisotopic (exact) mass is 487 g/mol. The summed E-state index contributed by atoms with van der Waals surface area (Å²) in [6.45, 7) is 5.94. The minimum Gasteiger partial charge on any atom is -0.465 e. The summed E-state index contributed by atoms with van der Waals surface area (Å²) in [5.41, 5.74) is 0. The number of hydrogen-bond donors (Lipinski definition) is 2. The number of hydrogen-bond acceptors (Lipinski definition) is 8. The van der Waals surface area contributed by atoms with Crippen molar-refractivity contribution >= 4 is 17.9 Å². The van der Waals surface area contributed by atoms with Gasteiger partial charge in [0.25, 0.3) is 0 Å². The fourth-order valence-electron chi connectivity index (χ4n) is 3.29. The number of carbonyl (C=O) groups excluding carboxylic acids is 3. The Labute approximate surface area is 206 Å². The van der Waals surface area contributed by atoms with Crippen LogP contribution in [0.2, 0.25) is 0 Å². The minimum absolute atomic E-state index is 0.0586. The van der Waals surface area contributed by atoms with Gasteiger partial charge in [0.15, 0.2) is 0 Å². The van der Waals surface area contributed by atoms with Crippen molar-refractivity contribution in [1.29, 1.82) is 0 Å². The molecule has 34 heavy (non-hydrogen) atoms. The topological polar surface area (TPSA) is 111 Å². The standard InChI is InChI=1S/C26H49NO7/c1-3-5-7-10-14-24(29)32-20-23(21-33-25(30)15-11-8-6-4-2)22-34-26(31)16-12-9-13-17-27-18-19-28/h23,27-28H,3-22H2,1-2H3. The minimum atomic E-state index is -0.370. The molecule has 8 nitrogen and oxygen atoms in total. The first-order valence-corrected chi connectivity index (χ1v) is 13.3. The summed E-state index contributed by atoms with van der Waals surface area (Å²) in [5.74, 6) is -1.21. The third-order valence-electron chi connectivity index (χ3n) is 5.43.